The van der Waals surface area contributed by atoms with E-state index in [1.54, 1.807) is 6.20 Å². The molecular weight excluding hydrogens is 378 g/mol. The zero-order valence-corrected chi connectivity index (χ0v) is 18.1. The van der Waals surface area contributed by atoms with Gasteiger partial charge in [-0.25, -0.2) is 4.98 Å². The first-order valence-corrected chi connectivity index (χ1v) is 10.6. The van der Waals surface area contributed by atoms with Gasteiger partial charge in [-0.3, -0.25) is 0 Å². The first-order chi connectivity index (χ1) is 15.0. The van der Waals surface area contributed by atoms with Crippen LogP contribution in [0.4, 0.5) is 0 Å². The van der Waals surface area contributed by atoms with Crippen LogP contribution in [0, 0.1) is 0 Å². The Morgan fingerprint density at radius 3 is 2.03 bits per heavy atom. The molecule has 4 aromatic carbocycles. The molecular formula is C29H25NO. The van der Waals surface area contributed by atoms with Gasteiger partial charge in [0.2, 0.25) is 5.89 Å². The second-order valence-corrected chi connectivity index (χ2v) is 8.96. The van der Waals surface area contributed by atoms with E-state index < -0.39 is 0 Å². The molecule has 0 amide bonds. The van der Waals surface area contributed by atoms with Gasteiger partial charge in [0, 0.05) is 11.1 Å². The summed E-state index contributed by atoms with van der Waals surface area (Å²) >= 11 is 0. The summed E-state index contributed by atoms with van der Waals surface area (Å²) in [5.41, 5.74) is 5.87. The molecule has 0 spiro atoms. The minimum absolute atomic E-state index is 0.136. The summed E-state index contributed by atoms with van der Waals surface area (Å²) in [6, 6.07) is 31.9. The van der Waals surface area contributed by atoms with Gasteiger partial charge in [-0.1, -0.05) is 99.6 Å². The molecule has 5 rings (SSSR count). The van der Waals surface area contributed by atoms with Gasteiger partial charge in [0.15, 0.2) is 5.76 Å². The minimum atomic E-state index is 0.136. The summed E-state index contributed by atoms with van der Waals surface area (Å²) in [6.07, 6.45) is 1.81. The maximum Gasteiger partial charge on any atom is 0.226 e. The lowest BCUT2D eigenvalue weighted by Gasteiger charge is -2.18. The van der Waals surface area contributed by atoms with Crippen molar-refractivity contribution in [3.05, 3.63) is 103 Å². The lowest BCUT2D eigenvalue weighted by atomic mass is 9.86. The maximum atomic E-state index is 6.09. The molecule has 1 heterocycles. The second kappa shape index (κ2) is 7.55. The number of hydrogen-bond donors (Lipinski definition) is 0. The van der Waals surface area contributed by atoms with Crippen LogP contribution in [0.2, 0.25) is 0 Å². The summed E-state index contributed by atoms with van der Waals surface area (Å²) in [4.78, 5) is 4.52. The third-order valence-electron chi connectivity index (χ3n) is 5.77. The van der Waals surface area contributed by atoms with E-state index in [0.29, 0.717) is 5.89 Å². The Labute approximate surface area is 183 Å². The monoisotopic (exact) mass is 403 g/mol. The highest BCUT2D eigenvalue weighted by atomic mass is 16.4. The lowest BCUT2D eigenvalue weighted by molar-refractivity contribution is 0.585. The minimum Gasteiger partial charge on any atom is -0.436 e. The zero-order chi connectivity index (χ0) is 21.4. The lowest BCUT2D eigenvalue weighted by Crippen LogP contribution is -2.10. The van der Waals surface area contributed by atoms with Crippen molar-refractivity contribution in [1.29, 1.82) is 0 Å². The van der Waals surface area contributed by atoms with Crippen molar-refractivity contribution in [1.82, 2.24) is 4.98 Å². The fourth-order valence-electron chi connectivity index (χ4n) is 3.95. The third kappa shape index (κ3) is 3.77. The van der Waals surface area contributed by atoms with Crippen molar-refractivity contribution in [3.8, 4) is 33.9 Å². The molecule has 0 aliphatic heterocycles. The molecule has 0 fully saturated rings. The number of nitrogens with zero attached hydrogens (tertiary/aromatic N) is 1. The quantitative estimate of drug-likeness (QED) is 0.304. The molecule has 0 unspecified atom stereocenters. The molecule has 0 saturated heterocycles. The van der Waals surface area contributed by atoms with Crippen molar-refractivity contribution in [3.63, 3.8) is 0 Å². The van der Waals surface area contributed by atoms with E-state index in [-0.39, 0.29) is 5.41 Å². The van der Waals surface area contributed by atoms with Gasteiger partial charge in [0.05, 0.1) is 6.20 Å². The number of oxazole rings is 1. The van der Waals surface area contributed by atoms with E-state index >= 15 is 0 Å². The Hall–Kier alpha value is -3.65. The number of benzene rings is 4. The predicted molar refractivity (Wildman–Crippen MR) is 129 cm³/mol. The third-order valence-corrected chi connectivity index (χ3v) is 5.77. The van der Waals surface area contributed by atoms with Crippen molar-refractivity contribution in [2.45, 2.75) is 26.2 Å². The van der Waals surface area contributed by atoms with Gasteiger partial charge in [-0.05, 0) is 45.0 Å². The highest BCUT2D eigenvalue weighted by molar-refractivity contribution is 5.96. The molecule has 2 heteroatoms. The van der Waals surface area contributed by atoms with Crippen LogP contribution in [-0.2, 0) is 5.41 Å². The van der Waals surface area contributed by atoms with Crippen LogP contribution >= 0.6 is 0 Å². The summed E-state index contributed by atoms with van der Waals surface area (Å²) in [5.74, 6) is 1.42. The standard InChI is InChI=1S/C29H25NO/c1-29(2,3)24-17-15-22(16-18-24)27-19-30-28(31-27)23-13-11-21(12-14-23)26-10-6-8-20-7-4-5-9-25(20)26/h4-19H,1-3H3. The Kier molecular flexibility index (Phi) is 4.71. The maximum absolute atomic E-state index is 6.09. The van der Waals surface area contributed by atoms with Gasteiger partial charge in [0.1, 0.15) is 0 Å². The summed E-state index contributed by atoms with van der Waals surface area (Å²) in [5, 5.41) is 2.51. The first kappa shape index (κ1) is 19.3. The zero-order valence-electron chi connectivity index (χ0n) is 18.1. The molecule has 0 aliphatic carbocycles. The predicted octanol–water partition coefficient (Wildman–Crippen LogP) is 8.13. The summed E-state index contributed by atoms with van der Waals surface area (Å²) < 4.78 is 6.09. The van der Waals surface area contributed by atoms with Gasteiger partial charge in [-0.2, -0.15) is 0 Å². The SMILES string of the molecule is CC(C)(C)c1ccc(-c2cnc(-c3ccc(-c4cccc5ccccc45)cc3)o2)cc1. The van der Waals surface area contributed by atoms with Crippen LogP contribution in [0.3, 0.4) is 0 Å². The first-order valence-electron chi connectivity index (χ1n) is 10.6. The van der Waals surface area contributed by atoms with Gasteiger partial charge >= 0.3 is 0 Å². The molecule has 0 saturated carbocycles. The highest BCUT2D eigenvalue weighted by Gasteiger charge is 2.14. The molecule has 5 aromatic rings. The molecule has 0 aliphatic rings. The fourth-order valence-corrected chi connectivity index (χ4v) is 3.95. The van der Waals surface area contributed by atoms with Gasteiger partial charge < -0.3 is 4.42 Å². The number of aromatic nitrogens is 1. The molecule has 0 N–H and O–H groups in total. The van der Waals surface area contributed by atoms with E-state index in [2.05, 4.69) is 117 Å². The van der Waals surface area contributed by atoms with Crippen LogP contribution < -0.4 is 0 Å². The van der Waals surface area contributed by atoms with Crippen LogP contribution in [0.15, 0.2) is 102 Å². The molecule has 31 heavy (non-hydrogen) atoms. The van der Waals surface area contributed by atoms with E-state index in [1.807, 2.05) is 0 Å². The van der Waals surface area contributed by atoms with Crippen LogP contribution in [0.1, 0.15) is 26.3 Å². The Bertz CT molecular complexity index is 1330. The van der Waals surface area contributed by atoms with Crippen LogP contribution in [-0.4, -0.2) is 4.98 Å². The molecule has 2 nitrogen and oxygen atoms in total. The summed E-state index contributed by atoms with van der Waals surface area (Å²) in [6.45, 7) is 6.66. The van der Waals surface area contributed by atoms with E-state index in [0.717, 1.165) is 16.9 Å². The van der Waals surface area contributed by atoms with Crippen molar-refractivity contribution >= 4 is 10.8 Å². The van der Waals surface area contributed by atoms with Crippen molar-refractivity contribution in [2.75, 3.05) is 0 Å². The smallest absolute Gasteiger partial charge is 0.226 e. The molecule has 0 atom stereocenters. The summed E-state index contributed by atoms with van der Waals surface area (Å²) in [7, 11) is 0. The highest BCUT2D eigenvalue weighted by Crippen LogP contribution is 2.32. The average Bonchev–Trinajstić information content (AvgIpc) is 3.29. The normalized spacial score (nSPS) is 11.7. The fraction of sp³-hybridized carbons (Fsp3) is 0.138. The number of rotatable bonds is 3. The Balaban J connectivity index is 1.43. The van der Waals surface area contributed by atoms with Gasteiger partial charge in [0.25, 0.3) is 0 Å². The Morgan fingerprint density at radius 1 is 0.645 bits per heavy atom. The van der Waals surface area contributed by atoms with Crippen LogP contribution in [0.5, 0.6) is 0 Å². The molecule has 152 valence electrons. The number of fused-ring (bicyclic) bond motifs is 1. The van der Waals surface area contributed by atoms with Crippen LogP contribution in [0.25, 0.3) is 44.7 Å². The van der Waals surface area contributed by atoms with E-state index in [4.69, 9.17) is 4.42 Å². The molecule has 0 radical (unpaired) electrons. The van der Waals surface area contributed by atoms with Crippen molar-refractivity contribution in [2.24, 2.45) is 0 Å². The van der Waals surface area contributed by atoms with Crippen molar-refractivity contribution < 1.29 is 4.42 Å². The molecule has 1 aromatic heterocycles. The van der Waals surface area contributed by atoms with Gasteiger partial charge in [-0.15, -0.1) is 0 Å². The van der Waals surface area contributed by atoms with E-state index in [1.165, 1.54) is 27.5 Å². The van der Waals surface area contributed by atoms with E-state index in [9.17, 15) is 0 Å². The average molecular weight is 404 g/mol. The molecule has 0 bridgehead atoms. The topological polar surface area (TPSA) is 26.0 Å². The largest absolute Gasteiger partial charge is 0.436 e. The Morgan fingerprint density at radius 2 is 1.29 bits per heavy atom. The second-order valence-electron chi connectivity index (χ2n) is 8.96. The number of hydrogen-bond acceptors (Lipinski definition) is 2.